The van der Waals surface area contributed by atoms with Crippen molar-refractivity contribution in [3.8, 4) is 5.75 Å². The fourth-order valence-corrected chi connectivity index (χ4v) is 3.98. The fourth-order valence-electron chi connectivity index (χ4n) is 2.38. The molecule has 6 heteroatoms. The second kappa shape index (κ2) is 7.37. The highest BCUT2D eigenvalue weighted by Crippen LogP contribution is 2.24. The third-order valence-corrected chi connectivity index (χ3v) is 5.82. The molecule has 0 radical (unpaired) electrons. The average Bonchev–Trinajstić information content (AvgIpc) is 3.14. The predicted molar refractivity (Wildman–Crippen MR) is 104 cm³/mol. The third kappa shape index (κ3) is 4.27. The molecule has 0 fully saturated rings. The summed E-state index contributed by atoms with van der Waals surface area (Å²) in [7, 11) is 0. The van der Waals surface area contributed by atoms with Crippen molar-refractivity contribution in [2.24, 2.45) is 0 Å². The van der Waals surface area contributed by atoms with E-state index in [1.807, 2.05) is 44.4 Å². The highest BCUT2D eigenvalue weighted by Gasteiger charge is 2.13. The van der Waals surface area contributed by atoms with E-state index in [2.05, 4.69) is 23.3 Å². The summed E-state index contributed by atoms with van der Waals surface area (Å²) in [6, 6.07) is 7.99. The number of aryl methyl sites for hydroxylation is 4. The number of hydrogen-bond donors (Lipinski definition) is 1. The van der Waals surface area contributed by atoms with E-state index >= 15 is 0 Å². The maximum Gasteiger partial charge on any atom is 0.267 e. The van der Waals surface area contributed by atoms with Crippen LogP contribution in [-0.2, 0) is 6.61 Å². The molecule has 4 nitrogen and oxygen atoms in total. The molecule has 0 saturated heterocycles. The van der Waals surface area contributed by atoms with E-state index in [9.17, 15) is 4.79 Å². The lowest BCUT2D eigenvalue weighted by Crippen LogP contribution is -2.09. The standard InChI is InChI=1S/C19H20N2O2S2/c1-11-5-6-16(12(2)7-11)23-9-15-8-17(24-10-15)18(22)21-19-20-13(3)14(4)25-19/h5-8,10H,9H2,1-4H3,(H,20,21,22). The van der Waals surface area contributed by atoms with Crippen LogP contribution in [0.1, 0.15) is 36.9 Å². The Bertz CT molecular complexity index is 893. The Morgan fingerprint density at radius 3 is 2.68 bits per heavy atom. The number of rotatable bonds is 5. The van der Waals surface area contributed by atoms with Gasteiger partial charge >= 0.3 is 0 Å². The first-order valence-electron chi connectivity index (χ1n) is 7.95. The van der Waals surface area contributed by atoms with Gasteiger partial charge in [-0.2, -0.15) is 0 Å². The van der Waals surface area contributed by atoms with E-state index in [0.717, 1.165) is 27.4 Å². The summed E-state index contributed by atoms with van der Waals surface area (Å²) in [4.78, 5) is 18.5. The van der Waals surface area contributed by atoms with Crippen LogP contribution >= 0.6 is 22.7 Å². The molecule has 0 bridgehead atoms. The number of thiazole rings is 1. The Morgan fingerprint density at radius 1 is 1.20 bits per heavy atom. The molecule has 0 aliphatic rings. The summed E-state index contributed by atoms with van der Waals surface area (Å²) < 4.78 is 5.87. The van der Waals surface area contributed by atoms with E-state index in [1.54, 1.807) is 0 Å². The topological polar surface area (TPSA) is 51.2 Å². The molecule has 0 saturated carbocycles. The van der Waals surface area contributed by atoms with E-state index < -0.39 is 0 Å². The van der Waals surface area contributed by atoms with Crippen LogP contribution in [0.5, 0.6) is 5.75 Å². The molecule has 0 atom stereocenters. The van der Waals surface area contributed by atoms with Gasteiger partial charge < -0.3 is 4.74 Å². The van der Waals surface area contributed by atoms with E-state index in [-0.39, 0.29) is 5.91 Å². The van der Waals surface area contributed by atoms with Gasteiger partial charge in [-0.1, -0.05) is 17.7 Å². The molecule has 0 aliphatic heterocycles. The van der Waals surface area contributed by atoms with Crippen molar-refractivity contribution >= 4 is 33.7 Å². The quantitative estimate of drug-likeness (QED) is 0.664. The summed E-state index contributed by atoms with van der Waals surface area (Å²) >= 11 is 2.91. The van der Waals surface area contributed by atoms with Crippen molar-refractivity contribution in [3.63, 3.8) is 0 Å². The number of carbonyl (C=O) groups excluding carboxylic acids is 1. The normalized spacial score (nSPS) is 10.7. The summed E-state index contributed by atoms with van der Waals surface area (Å²) in [5.41, 5.74) is 4.27. The average molecular weight is 373 g/mol. The van der Waals surface area contributed by atoms with E-state index in [0.29, 0.717) is 16.6 Å². The summed E-state index contributed by atoms with van der Waals surface area (Å²) in [5.74, 6) is 0.744. The van der Waals surface area contributed by atoms with Gasteiger partial charge in [0.2, 0.25) is 0 Å². The van der Waals surface area contributed by atoms with Crippen LogP contribution in [0.4, 0.5) is 5.13 Å². The Kier molecular flexibility index (Phi) is 5.20. The van der Waals surface area contributed by atoms with Crippen LogP contribution < -0.4 is 10.1 Å². The number of thiophene rings is 1. The molecule has 2 heterocycles. The van der Waals surface area contributed by atoms with E-state index in [4.69, 9.17) is 4.74 Å². The maximum atomic E-state index is 12.3. The van der Waals surface area contributed by atoms with Gasteiger partial charge in [0.1, 0.15) is 12.4 Å². The lowest BCUT2D eigenvalue weighted by Gasteiger charge is -2.08. The maximum absolute atomic E-state index is 12.3. The highest BCUT2D eigenvalue weighted by atomic mass is 32.1. The number of amides is 1. The molecule has 0 spiro atoms. The van der Waals surface area contributed by atoms with Crippen LogP contribution in [0.15, 0.2) is 29.6 Å². The summed E-state index contributed by atoms with van der Waals surface area (Å²) in [6.45, 7) is 8.48. The number of nitrogens with zero attached hydrogens (tertiary/aromatic N) is 1. The number of anilines is 1. The number of ether oxygens (including phenoxy) is 1. The first-order valence-corrected chi connectivity index (χ1v) is 9.65. The molecule has 2 aromatic heterocycles. The number of hydrogen-bond acceptors (Lipinski definition) is 5. The number of nitrogens with one attached hydrogen (secondary N) is 1. The van der Waals surface area contributed by atoms with Crippen molar-refractivity contribution in [3.05, 3.63) is 61.8 Å². The molecule has 3 aromatic rings. The van der Waals surface area contributed by atoms with Gasteiger partial charge in [0.15, 0.2) is 5.13 Å². The molecule has 1 N–H and O–H groups in total. The number of benzene rings is 1. The Hall–Kier alpha value is -2.18. The minimum absolute atomic E-state index is 0.128. The summed E-state index contributed by atoms with van der Waals surface area (Å²) in [5, 5.41) is 5.46. The van der Waals surface area contributed by atoms with Gasteiger partial charge in [0.05, 0.1) is 10.6 Å². The summed E-state index contributed by atoms with van der Waals surface area (Å²) in [6.07, 6.45) is 0. The van der Waals surface area contributed by atoms with Crippen LogP contribution in [0.3, 0.4) is 0 Å². The smallest absolute Gasteiger partial charge is 0.267 e. The van der Waals surface area contributed by atoms with Gasteiger partial charge in [0, 0.05) is 10.4 Å². The van der Waals surface area contributed by atoms with Crippen molar-refractivity contribution in [2.45, 2.75) is 34.3 Å². The largest absolute Gasteiger partial charge is 0.489 e. The van der Waals surface area contributed by atoms with Gasteiger partial charge in [-0.3, -0.25) is 10.1 Å². The molecule has 0 unspecified atom stereocenters. The molecular weight excluding hydrogens is 352 g/mol. The van der Waals surface area contributed by atoms with Crippen molar-refractivity contribution in [2.75, 3.05) is 5.32 Å². The zero-order chi connectivity index (χ0) is 18.0. The molecule has 1 aromatic carbocycles. The monoisotopic (exact) mass is 372 g/mol. The van der Waals surface area contributed by atoms with Crippen molar-refractivity contribution in [1.29, 1.82) is 0 Å². The molecule has 25 heavy (non-hydrogen) atoms. The minimum Gasteiger partial charge on any atom is -0.489 e. The Balaban J connectivity index is 1.62. The second-order valence-corrected chi connectivity index (χ2v) is 8.11. The molecule has 0 aliphatic carbocycles. The second-order valence-electron chi connectivity index (χ2n) is 5.99. The minimum atomic E-state index is -0.128. The molecule has 130 valence electrons. The van der Waals surface area contributed by atoms with Crippen molar-refractivity contribution in [1.82, 2.24) is 4.98 Å². The lowest BCUT2D eigenvalue weighted by atomic mass is 10.1. The lowest BCUT2D eigenvalue weighted by molar-refractivity contribution is 0.103. The molecular formula is C19H20N2O2S2. The Morgan fingerprint density at radius 2 is 2.00 bits per heavy atom. The highest BCUT2D eigenvalue weighted by molar-refractivity contribution is 7.16. The van der Waals surface area contributed by atoms with Crippen LogP contribution in [0.25, 0.3) is 0 Å². The zero-order valence-electron chi connectivity index (χ0n) is 14.7. The fraction of sp³-hybridized carbons (Fsp3) is 0.263. The van der Waals surface area contributed by atoms with Gasteiger partial charge in [-0.05, 0) is 50.8 Å². The zero-order valence-corrected chi connectivity index (χ0v) is 16.3. The van der Waals surface area contributed by atoms with E-state index in [1.165, 1.54) is 28.2 Å². The first kappa shape index (κ1) is 17.6. The number of carbonyl (C=O) groups is 1. The van der Waals surface area contributed by atoms with Gasteiger partial charge in [0.25, 0.3) is 5.91 Å². The Labute approximate surface area is 155 Å². The predicted octanol–water partition coefficient (Wildman–Crippen LogP) is 5.27. The van der Waals surface area contributed by atoms with Crippen LogP contribution in [0.2, 0.25) is 0 Å². The molecule has 1 amide bonds. The molecule has 3 rings (SSSR count). The SMILES string of the molecule is Cc1ccc(OCc2csc(C(=O)Nc3nc(C)c(C)s3)c2)c(C)c1. The first-order chi connectivity index (χ1) is 11.9. The van der Waals surface area contributed by atoms with Gasteiger partial charge in [-0.15, -0.1) is 22.7 Å². The third-order valence-electron chi connectivity index (χ3n) is 3.85. The van der Waals surface area contributed by atoms with Crippen LogP contribution in [0, 0.1) is 27.7 Å². The number of aromatic nitrogens is 1. The van der Waals surface area contributed by atoms with Crippen LogP contribution in [-0.4, -0.2) is 10.9 Å². The van der Waals surface area contributed by atoms with Gasteiger partial charge in [-0.25, -0.2) is 4.98 Å². The van der Waals surface area contributed by atoms with Crippen molar-refractivity contribution < 1.29 is 9.53 Å².